The van der Waals surface area contributed by atoms with Crippen LogP contribution in [0.3, 0.4) is 0 Å². The fourth-order valence-electron chi connectivity index (χ4n) is 1.66. The first-order valence-corrected chi connectivity index (χ1v) is 5.72. The SMILES string of the molecule is O=C1CCC(CNC(=O)c2ccc(Cl)nc2)N1. The molecule has 1 aliphatic heterocycles. The summed E-state index contributed by atoms with van der Waals surface area (Å²) in [4.78, 5) is 26.5. The number of aromatic nitrogens is 1. The van der Waals surface area contributed by atoms with Crippen LogP contribution in [0.25, 0.3) is 0 Å². The van der Waals surface area contributed by atoms with Crippen molar-refractivity contribution in [1.29, 1.82) is 0 Å². The van der Waals surface area contributed by atoms with E-state index in [1.165, 1.54) is 6.20 Å². The minimum Gasteiger partial charge on any atom is -0.352 e. The molecular weight excluding hydrogens is 242 g/mol. The van der Waals surface area contributed by atoms with E-state index in [2.05, 4.69) is 15.6 Å². The van der Waals surface area contributed by atoms with Crippen molar-refractivity contribution in [1.82, 2.24) is 15.6 Å². The maximum absolute atomic E-state index is 11.7. The van der Waals surface area contributed by atoms with Crippen molar-refractivity contribution in [3.05, 3.63) is 29.0 Å². The van der Waals surface area contributed by atoms with Crippen LogP contribution in [-0.2, 0) is 4.79 Å². The van der Waals surface area contributed by atoms with Gasteiger partial charge in [0.05, 0.1) is 5.56 Å². The molecule has 1 saturated heterocycles. The summed E-state index contributed by atoms with van der Waals surface area (Å²) in [6.45, 7) is 0.438. The molecule has 0 aliphatic carbocycles. The molecule has 17 heavy (non-hydrogen) atoms. The topological polar surface area (TPSA) is 71.1 Å². The van der Waals surface area contributed by atoms with Crippen LogP contribution in [0.4, 0.5) is 0 Å². The maximum Gasteiger partial charge on any atom is 0.252 e. The van der Waals surface area contributed by atoms with Gasteiger partial charge < -0.3 is 10.6 Å². The molecular formula is C11H12ClN3O2. The van der Waals surface area contributed by atoms with E-state index in [1.54, 1.807) is 12.1 Å². The molecule has 2 N–H and O–H groups in total. The van der Waals surface area contributed by atoms with Gasteiger partial charge in [0.15, 0.2) is 0 Å². The molecule has 90 valence electrons. The molecule has 0 aromatic carbocycles. The smallest absolute Gasteiger partial charge is 0.252 e. The van der Waals surface area contributed by atoms with Gasteiger partial charge in [-0.2, -0.15) is 0 Å². The highest BCUT2D eigenvalue weighted by Crippen LogP contribution is 2.07. The van der Waals surface area contributed by atoms with Crippen molar-refractivity contribution < 1.29 is 9.59 Å². The normalized spacial score (nSPS) is 18.9. The second-order valence-electron chi connectivity index (χ2n) is 3.88. The molecule has 0 saturated carbocycles. The van der Waals surface area contributed by atoms with E-state index >= 15 is 0 Å². The van der Waals surface area contributed by atoms with E-state index in [9.17, 15) is 9.59 Å². The largest absolute Gasteiger partial charge is 0.352 e. The van der Waals surface area contributed by atoms with Gasteiger partial charge in [0.25, 0.3) is 5.91 Å². The first-order valence-electron chi connectivity index (χ1n) is 5.34. The number of nitrogens with one attached hydrogen (secondary N) is 2. The van der Waals surface area contributed by atoms with Crippen molar-refractivity contribution in [3.8, 4) is 0 Å². The molecule has 1 atom stereocenters. The van der Waals surface area contributed by atoms with E-state index in [0.717, 1.165) is 6.42 Å². The van der Waals surface area contributed by atoms with Gasteiger partial charge in [-0.05, 0) is 18.6 Å². The zero-order valence-electron chi connectivity index (χ0n) is 9.07. The number of hydrogen-bond acceptors (Lipinski definition) is 3. The molecule has 2 heterocycles. The monoisotopic (exact) mass is 253 g/mol. The first-order chi connectivity index (χ1) is 8.15. The maximum atomic E-state index is 11.7. The van der Waals surface area contributed by atoms with Crippen molar-refractivity contribution in [2.24, 2.45) is 0 Å². The molecule has 0 bridgehead atoms. The Hall–Kier alpha value is -1.62. The Kier molecular flexibility index (Phi) is 3.58. The molecule has 6 heteroatoms. The molecule has 1 aromatic heterocycles. The number of carbonyl (C=O) groups is 2. The van der Waals surface area contributed by atoms with E-state index < -0.39 is 0 Å². The summed E-state index contributed by atoms with van der Waals surface area (Å²) in [5.41, 5.74) is 0.457. The van der Waals surface area contributed by atoms with E-state index in [0.29, 0.717) is 23.7 Å². The lowest BCUT2D eigenvalue weighted by atomic mass is 10.2. The zero-order valence-corrected chi connectivity index (χ0v) is 9.83. The Balaban J connectivity index is 1.85. The van der Waals surface area contributed by atoms with E-state index in [4.69, 9.17) is 11.6 Å². The highest BCUT2D eigenvalue weighted by atomic mass is 35.5. The number of pyridine rings is 1. The Morgan fingerprint density at radius 3 is 3.00 bits per heavy atom. The van der Waals surface area contributed by atoms with Crippen LogP contribution in [0, 0.1) is 0 Å². The summed E-state index contributed by atoms with van der Waals surface area (Å²) in [6.07, 6.45) is 2.71. The predicted molar refractivity (Wildman–Crippen MR) is 62.7 cm³/mol. The Bertz CT molecular complexity index is 433. The summed E-state index contributed by atoms with van der Waals surface area (Å²) in [7, 11) is 0. The van der Waals surface area contributed by atoms with Gasteiger partial charge in [-0.3, -0.25) is 9.59 Å². The molecule has 5 nitrogen and oxygen atoms in total. The molecule has 0 radical (unpaired) electrons. The standard InChI is InChI=1S/C11H12ClN3O2/c12-9-3-1-7(5-13-9)11(17)14-6-8-2-4-10(16)15-8/h1,3,5,8H,2,4,6H2,(H,14,17)(H,15,16). The molecule has 1 unspecified atom stereocenters. The average molecular weight is 254 g/mol. The van der Waals surface area contributed by atoms with Crippen LogP contribution < -0.4 is 10.6 Å². The van der Waals surface area contributed by atoms with Crippen molar-refractivity contribution in [3.63, 3.8) is 0 Å². The van der Waals surface area contributed by atoms with Crippen LogP contribution in [0.2, 0.25) is 5.15 Å². The minimum atomic E-state index is -0.213. The third-order valence-corrected chi connectivity index (χ3v) is 2.81. The Morgan fingerprint density at radius 1 is 1.59 bits per heavy atom. The molecule has 1 aliphatic rings. The van der Waals surface area contributed by atoms with Crippen LogP contribution in [0.5, 0.6) is 0 Å². The molecule has 1 aromatic rings. The van der Waals surface area contributed by atoms with Crippen molar-refractivity contribution in [2.75, 3.05) is 6.54 Å². The summed E-state index contributed by atoms with van der Waals surface area (Å²) in [6, 6.07) is 3.21. The molecule has 1 fully saturated rings. The Labute approximate surface area is 104 Å². The lowest BCUT2D eigenvalue weighted by Crippen LogP contribution is -2.38. The highest BCUT2D eigenvalue weighted by Gasteiger charge is 2.21. The first kappa shape index (κ1) is 11.9. The van der Waals surface area contributed by atoms with E-state index in [-0.39, 0.29) is 17.9 Å². The Morgan fingerprint density at radius 2 is 2.41 bits per heavy atom. The number of amides is 2. The fourth-order valence-corrected chi connectivity index (χ4v) is 1.77. The van der Waals surface area contributed by atoms with Gasteiger partial charge in [0.1, 0.15) is 5.15 Å². The lowest BCUT2D eigenvalue weighted by Gasteiger charge is -2.11. The summed E-state index contributed by atoms with van der Waals surface area (Å²) >= 11 is 5.62. The minimum absolute atomic E-state index is 0.0340. The number of rotatable bonds is 3. The van der Waals surface area contributed by atoms with Gasteiger partial charge >= 0.3 is 0 Å². The summed E-state index contributed by atoms with van der Waals surface area (Å²) in [5, 5.41) is 5.88. The van der Waals surface area contributed by atoms with Gasteiger partial charge in [0, 0.05) is 25.2 Å². The third-order valence-electron chi connectivity index (χ3n) is 2.58. The quantitative estimate of drug-likeness (QED) is 0.781. The molecule has 0 spiro atoms. The third kappa shape index (κ3) is 3.17. The van der Waals surface area contributed by atoms with Gasteiger partial charge in [-0.15, -0.1) is 0 Å². The summed E-state index contributed by atoms with van der Waals surface area (Å²) in [5.74, 6) is -0.173. The second kappa shape index (κ2) is 5.14. The highest BCUT2D eigenvalue weighted by molar-refractivity contribution is 6.29. The number of carbonyl (C=O) groups excluding carboxylic acids is 2. The van der Waals surface area contributed by atoms with Crippen LogP contribution in [0.1, 0.15) is 23.2 Å². The molecule has 2 amide bonds. The number of halogens is 1. The van der Waals surface area contributed by atoms with E-state index in [1.807, 2.05) is 0 Å². The fraction of sp³-hybridized carbons (Fsp3) is 0.364. The van der Waals surface area contributed by atoms with Gasteiger partial charge in [-0.25, -0.2) is 4.98 Å². The lowest BCUT2D eigenvalue weighted by molar-refractivity contribution is -0.119. The summed E-state index contributed by atoms with van der Waals surface area (Å²) < 4.78 is 0. The van der Waals surface area contributed by atoms with Crippen LogP contribution in [-0.4, -0.2) is 29.4 Å². The second-order valence-corrected chi connectivity index (χ2v) is 4.27. The number of hydrogen-bond donors (Lipinski definition) is 2. The van der Waals surface area contributed by atoms with Crippen LogP contribution >= 0.6 is 11.6 Å². The van der Waals surface area contributed by atoms with Crippen LogP contribution in [0.15, 0.2) is 18.3 Å². The zero-order chi connectivity index (χ0) is 12.3. The molecule has 2 rings (SSSR count). The van der Waals surface area contributed by atoms with Gasteiger partial charge in [0.2, 0.25) is 5.91 Å². The predicted octanol–water partition coefficient (Wildman–Crippen LogP) is 0.743. The van der Waals surface area contributed by atoms with Crippen molar-refractivity contribution >= 4 is 23.4 Å². The number of nitrogens with zero attached hydrogens (tertiary/aromatic N) is 1. The average Bonchev–Trinajstić information content (AvgIpc) is 2.73. The van der Waals surface area contributed by atoms with Gasteiger partial charge in [-0.1, -0.05) is 11.6 Å². The van der Waals surface area contributed by atoms with Crippen molar-refractivity contribution in [2.45, 2.75) is 18.9 Å².